The molecule has 0 atom stereocenters. The third-order valence-corrected chi connectivity index (χ3v) is 5.40. The number of halogens is 1. The van der Waals surface area contributed by atoms with Crippen LogP contribution in [0.25, 0.3) is 5.69 Å². The first kappa shape index (κ1) is 15.5. The van der Waals surface area contributed by atoms with Gasteiger partial charge >= 0.3 is 0 Å². The molecule has 0 amide bonds. The molecule has 1 aromatic heterocycles. The largest absolute Gasteiger partial charge is 0.399 e. The van der Waals surface area contributed by atoms with Crippen molar-refractivity contribution < 1.29 is 8.42 Å². The zero-order valence-corrected chi connectivity index (χ0v) is 13.7. The molecule has 0 saturated carbocycles. The first-order valence-corrected chi connectivity index (χ1v) is 8.54. The van der Waals surface area contributed by atoms with Crippen LogP contribution in [0.2, 0.25) is 5.02 Å². The molecule has 0 radical (unpaired) electrons. The summed E-state index contributed by atoms with van der Waals surface area (Å²) in [5.74, 6) is 0. The van der Waals surface area contributed by atoms with Crippen molar-refractivity contribution in [3.05, 3.63) is 59.2 Å². The van der Waals surface area contributed by atoms with E-state index in [1.807, 2.05) is 0 Å². The molecule has 0 unspecified atom stereocenters. The number of benzene rings is 2. The molecule has 0 aliphatic rings. The van der Waals surface area contributed by atoms with E-state index in [0.29, 0.717) is 22.1 Å². The lowest BCUT2D eigenvalue weighted by Gasteiger charge is -2.05. The van der Waals surface area contributed by atoms with Crippen molar-refractivity contribution in [1.29, 1.82) is 0 Å². The van der Waals surface area contributed by atoms with Gasteiger partial charge in [-0.25, -0.2) is 13.1 Å². The van der Waals surface area contributed by atoms with Crippen LogP contribution in [-0.2, 0) is 9.84 Å². The number of nitrogens with zero attached hydrogens (tertiary/aromatic N) is 3. The van der Waals surface area contributed by atoms with Gasteiger partial charge in [0.2, 0.25) is 14.9 Å². The number of hydrogen-bond donors (Lipinski definition) is 1. The van der Waals surface area contributed by atoms with Crippen molar-refractivity contribution in [2.75, 3.05) is 5.73 Å². The molecule has 8 heteroatoms. The first-order chi connectivity index (χ1) is 10.9. The average molecular weight is 349 g/mol. The molecule has 2 aromatic carbocycles. The monoisotopic (exact) mass is 348 g/mol. The summed E-state index contributed by atoms with van der Waals surface area (Å²) in [4.78, 5) is 0.120. The van der Waals surface area contributed by atoms with E-state index in [-0.39, 0.29) is 9.92 Å². The molecular weight excluding hydrogens is 336 g/mol. The fourth-order valence-corrected chi connectivity index (χ4v) is 3.61. The Balaban J connectivity index is 2.08. The number of rotatable bonds is 3. The molecule has 6 nitrogen and oxygen atoms in total. The number of hydrogen-bond acceptors (Lipinski definition) is 5. The van der Waals surface area contributed by atoms with E-state index in [0.717, 1.165) is 0 Å². The maximum Gasteiger partial charge on any atom is 0.227 e. The van der Waals surface area contributed by atoms with Crippen molar-refractivity contribution in [2.45, 2.75) is 16.8 Å². The molecule has 0 aliphatic carbocycles. The minimum atomic E-state index is -3.76. The summed E-state index contributed by atoms with van der Waals surface area (Å²) < 4.78 is 26.8. The second-order valence-electron chi connectivity index (χ2n) is 4.94. The zero-order chi connectivity index (χ0) is 16.6. The lowest BCUT2D eigenvalue weighted by atomic mass is 10.3. The van der Waals surface area contributed by atoms with Gasteiger partial charge in [0, 0.05) is 10.7 Å². The van der Waals surface area contributed by atoms with Gasteiger partial charge < -0.3 is 5.73 Å². The predicted molar refractivity (Wildman–Crippen MR) is 87.4 cm³/mol. The summed E-state index contributed by atoms with van der Waals surface area (Å²) in [6.07, 6.45) is 0. The van der Waals surface area contributed by atoms with Crippen LogP contribution >= 0.6 is 11.6 Å². The molecule has 2 N–H and O–H groups in total. The van der Waals surface area contributed by atoms with Gasteiger partial charge in [0.25, 0.3) is 0 Å². The molecule has 1 heterocycles. The number of nitrogen functional groups attached to an aromatic ring is 1. The molecule has 0 aliphatic heterocycles. The van der Waals surface area contributed by atoms with Crippen LogP contribution in [0, 0.1) is 6.92 Å². The maximum atomic E-state index is 12.7. The zero-order valence-electron chi connectivity index (χ0n) is 12.1. The van der Waals surface area contributed by atoms with Gasteiger partial charge in [0.15, 0.2) is 0 Å². The van der Waals surface area contributed by atoms with Crippen molar-refractivity contribution in [2.24, 2.45) is 0 Å². The normalized spacial score (nSPS) is 11.6. The molecule has 3 rings (SSSR count). The smallest absolute Gasteiger partial charge is 0.227 e. The summed E-state index contributed by atoms with van der Waals surface area (Å²) in [6.45, 7) is 1.65. The van der Waals surface area contributed by atoms with Crippen molar-refractivity contribution in [3.8, 4) is 5.69 Å². The summed E-state index contributed by atoms with van der Waals surface area (Å²) in [6, 6.07) is 12.8. The quantitative estimate of drug-likeness (QED) is 0.735. The molecule has 0 fully saturated rings. The van der Waals surface area contributed by atoms with Gasteiger partial charge in [-0.2, -0.15) is 0 Å². The van der Waals surface area contributed by atoms with Crippen LogP contribution in [0.1, 0.15) is 5.69 Å². The third-order valence-electron chi connectivity index (χ3n) is 3.37. The standard InChI is InChI=1S/C15H13ClN4O2S/c1-10-15(23(21,22)14-8-2-11(16)3-9-14)18-19-20(10)13-6-4-12(17)5-7-13/h2-9H,17H2,1H3. The van der Waals surface area contributed by atoms with Gasteiger partial charge in [0.1, 0.15) is 0 Å². The average Bonchev–Trinajstić information content (AvgIpc) is 2.91. The number of anilines is 1. The van der Waals surface area contributed by atoms with Crippen molar-refractivity contribution >= 4 is 27.1 Å². The van der Waals surface area contributed by atoms with Gasteiger partial charge in [0.05, 0.1) is 16.3 Å². The highest BCUT2D eigenvalue weighted by Crippen LogP contribution is 2.24. The van der Waals surface area contributed by atoms with Crippen LogP contribution in [0.3, 0.4) is 0 Å². The highest BCUT2D eigenvalue weighted by atomic mass is 35.5. The molecule has 118 valence electrons. The Hall–Kier alpha value is -2.38. The Morgan fingerprint density at radius 1 is 1.04 bits per heavy atom. The number of nitrogens with two attached hydrogens (primary N) is 1. The van der Waals surface area contributed by atoms with E-state index in [1.54, 1.807) is 31.2 Å². The van der Waals surface area contributed by atoms with E-state index in [1.165, 1.54) is 28.9 Å². The molecule has 3 aromatic rings. The van der Waals surface area contributed by atoms with Crippen molar-refractivity contribution in [1.82, 2.24) is 15.0 Å². The van der Waals surface area contributed by atoms with Gasteiger partial charge in [-0.05, 0) is 55.5 Å². The van der Waals surface area contributed by atoms with Crippen LogP contribution in [-0.4, -0.2) is 23.4 Å². The van der Waals surface area contributed by atoms with Gasteiger partial charge in [-0.1, -0.05) is 16.8 Å². The Bertz CT molecular complexity index is 948. The molecule has 0 bridgehead atoms. The fourth-order valence-electron chi connectivity index (χ4n) is 2.15. The van der Waals surface area contributed by atoms with E-state index in [9.17, 15) is 8.42 Å². The molecule has 0 spiro atoms. The summed E-state index contributed by atoms with van der Waals surface area (Å²) >= 11 is 5.80. The molecule has 0 saturated heterocycles. The van der Waals surface area contributed by atoms with Gasteiger partial charge in [-0.15, -0.1) is 5.10 Å². The highest BCUT2D eigenvalue weighted by Gasteiger charge is 2.25. The summed E-state index contributed by atoms with van der Waals surface area (Å²) in [7, 11) is -3.76. The van der Waals surface area contributed by atoms with E-state index in [4.69, 9.17) is 17.3 Å². The van der Waals surface area contributed by atoms with Gasteiger partial charge in [-0.3, -0.25) is 0 Å². The Morgan fingerprint density at radius 3 is 2.26 bits per heavy atom. The predicted octanol–water partition coefficient (Wildman–Crippen LogP) is 2.64. The van der Waals surface area contributed by atoms with E-state index < -0.39 is 9.84 Å². The SMILES string of the molecule is Cc1c(S(=O)(=O)c2ccc(Cl)cc2)nnn1-c1ccc(N)cc1. The lowest BCUT2D eigenvalue weighted by molar-refractivity contribution is 0.591. The van der Waals surface area contributed by atoms with Crippen molar-refractivity contribution in [3.63, 3.8) is 0 Å². The molecular formula is C15H13ClN4O2S. The Labute approximate surface area is 138 Å². The van der Waals surface area contributed by atoms with Crippen LogP contribution in [0.5, 0.6) is 0 Å². The molecule has 23 heavy (non-hydrogen) atoms. The Kier molecular flexibility index (Phi) is 3.83. The van der Waals surface area contributed by atoms with Crippen LogP contribution in [0.4, 0.5) is 5.69 Å². The maximum absolute atomic E-state index is 12.7. The van der Waals surface area contributed by atoms with Crippen LogP contribution in [0.15, 0.2) is 58.5 Å². The van der Waals surface area contributed by atoms with E-state index in [2.05, 4.69) is 10.3 Å². The number of aromatic nitrogens is 3. The number of sulfone groups is 1. The third kappa shape index (κ3) is 2.80. The summed E-state index contributed by atoms with van der Waals surface area (Å²) in [5.41, 5.74) is 7.37. The first-order valence-electron chi connectivity index (χ1n) is 6.68. The second-order valence-corrected chi connectivity index (χ2v) is 7.24. The lowest BCUT2D eigenvalue weighted by Crippen LogP contribution is -2.05. The topological polar surface area (TPSA) is 90.9 Å². The highest BCUT2D eigenvalue weighted by molar-refractivity contribution is 7.91. The van der Waals surface area contributed by atoms with Crippen LogP contribution < -0.4 is 5.73 Å². The fraction of sp³-hybridized carbons (Fsp3) is 0.0667. The summed E-state index contributed by atoms with van der Waals surface area (Å²) in [5, 5.41) is 8.17. The second kappa shape index (κ2) is 5.68. The minimum absolute atomic E-state index is 0.0864. The Morgan fingerprint density at radius 2 is 1.65 bits per heavy atom. The minimum Gasteiger partial charge on any atom is -0.399 e. The van der Waals surface area contributed by atoms with E-state index >= 15 is 0 Å².